The van der Waals surface area contributed by atoms with Gasteiger partial charge < -0.3 is 16.0 Å². The number of amides is 3. The average molecular weight is 556 g/mol. The zero-order valence-electron chi connectivity index (χ0n) is 21.1. The molecule has 0 aromatic heterocycles. The van der Waals surface area contributed by atoms with E-state index in [0.717, 1.165) is 16.1 Å². The number of rotatable bonds is 9. The first-order valence-electron chi connectivity index (χ1n) is 12.1. The molecule has 0 spiro atoms. The molecule has 0 atom stereocenters. The lowest BCUT2D eigenvalue weighted by atomic mass is 10.1. The van der Waals surface area contributed by atoms with Crippen molar-refractivity contribution in [3.05, 3.63) is 131 Å². The maximum absolute atomic E-state index is 13.3. The molecule has 0 aliphatic rings. The largest absolute Gasteiger partial charge is 0.325 e. The Morgan fingerprint density at radius 2 is 1.54 bits per heavy atom. The molecule has 3 amide bonds. The number of thioether (sulfide) groups is 1. The first-order valence-corrected chi connectivity index (χ1v) is 13.5. The van der Waals surface area contributed by atoms with Crippen LogP contribution in [0.1, 0.15) is 21.5 Å². The van der Waals surface area contributed by atoms with E-state index in [4.69, 9.17) is 11.6 Å². The summed E-state index contributed by atoms with van der Waals surface area (Å²) in [6, 6.07) is 30.3. The van der Waals surface area contributed by atoms with E-state index in [1.54, 1.807) is 72.8 Å². The number of carbonyl (C=O) groups is 3. The molecule has 0 heterocycles. The van der Waals surface area contributed by atoms with Crippen LogP contribution in [0.3, 0.4) is 0 Å². The molecule has 0 bridgehead atoms. The molecule has 0 aliphatic heterocycles. The summed E-state index contributed by atoms with van der Waals surface area (Å²) in [4.78, 5) is 39.3. The molecule has 0 radical (unpaired) electrons. The number of hydrogen-bond donors (Lipinski definition) is 3. The SMILES string of the molecule is Cc1ccccc1NC(=O)CSc1cccc(NC(=O)/C(=C/c2ccc(Cl)cc2)NC(=O)c2ccccc2)c1. The van der Waals surface area contributed by atoms with Crippen LogP contribution in [0.2, 0.25) is 5.02 Å². The van der Waals surface area contributed by atoms with Crippen LogP contribution in [0.5, 0.6) is 0 Å². The number of hydrogen-bond acceptors (Lipinski definition) is 4. The highest BCUT2D eigenvalue weighted by atomic mass is 35.5. The van der Waals surface area contributed by atoms with Gasteiger partial charge in [-0.25, -0.2) is 0 Å². The van der Waals surface area contributed by atoms with Crippen molar-refractivity contribution < 1.29 is 14.4 Å². The number of nitrogens with one attached hydrogen (secondary N) is 3. The van der Waals surface area contributed by atoms with Gasteiger partial charge >= 0.3 is 0 Å². The fourth-order valence-electron chi connectivity index (χ4n) is 3.58. The minimum Gasteiger partial charge on any atom is -0.325 e. The van der Waals surface area contributed by atoms with Gasteiger partial charge in [-0.1, -0.05) is 66.2 Å². The monoisotopic (exact) mass is 555 g/mol. The van der Waals surface area contributed by atoms with Gasteiger partial charge in [-0.2, -0.15) is 0 Å². The Kier molecular flexibility index (Phi) is 9.56. The van der Waals surface area contributed by atoms with E-state index >= 15 is 0 Å². The van der Waals surface area contributed by atoms with Gasteiger partial charge in [0, 0.05) is 26.9 Å². The average Bonchev–Trinajstić information content (AvgIpc) is 2.94. The third kappa shape index (κ3) is 8.33. The Hall–Kier alpha value is -4.33. The molecular formula is C31H26ClN3O3S. The number of benzene rings is 4. The predicted molar refractivity (Wildman–Crippen MR) is 159 cm³/mol. The maximum Gasteiger partial charge on any atom is 0.272 e. The lowest BCUT2D eigenvalue weighted by molar-refractivity contribution is -0.114. The second-order valence-corrected chi connectivity index (χ2v) is 10.0. The zero-order chi connectivity index (χ0) is 27.6. The van der Waals surface area contributed by atoms with Gasteiger partial charge in [0.2, 0.25) is 5.91 Å². The summed E-state index contributed by atoms with van der Waals surface area (Å²) in [5, 5.41) is 9.04. The second-order valence-electron chi connectivity index (χ2n) is 8.56. The van der Waals surface area contributed by atoms with E-state index in [9.17, 15) is 14.4 Å². The van der Waals surface area contributed by atoms with Crippen molar-refractivity contribution in [3.63, 3.8) is 0 Å². The van der Waals surface area contributed by atoms with Gasteiger partial charge in [0.15, 0.2) is 0 Å². The summed E-state index contributed by atoms with van der Waals surface area (Å²) in [5.41, 5.74) is 3.49. The van der Waals surface area contributed by atoms with Gasteiger partial charge in [0.05, 0.1) is 5.75 Å². The minimum absolute atomic E-state index is 0.0711. The van der Waals surface area contributed by atoms with Gasteiger partial charge in [0.1, 0.15) is 5.70 Å². The molecule has 3 N–H and O–H groups in total. The summed E-state index contributed by atoms with van der Waals surface area (Å²) in [6.45, 7) is 1.94. The van der Waals surface area contributed by atoms with Gasteiger partial charge in [-0.3, -0.25) is 14.4 Å². The molecule has 4 aromatic rings. The van der Waals surface area contributed by atoms with Crippen LogP contribution < -0.4 is 16.0 Å². The van der Waals surface area contributed by atoms with Crippen molar-refractivity contribution in [1.82, 2.24) is 5.32 Å². The number of aryl methyl sites for hydroxylation is 1. The molecule has 4 rings (SSSR count). The van der Waals surface area contributed by atoms with E-state index in [0.29, 0.717) is 21.8 Å². The minimum atomic E-state index is -0.492. The topological polar surface area (TPSA) is 87.3 Å². The lowest BCUT2D eigenvalue weighted by Crippen LogP contribution is -2.30. The Morgan fingerprint density at radius 1 is 0.821 bits per heavy atom. The fourth-order valence-corrected chi connectivity index (χ4v) is 4.46. The van der Waals surface area contributed by atoms with Crippen molar-refractivity contribution >= 4 is 58.5 Å². The Morgan fingerprint density at radius 3 is 2.28 bits per heavy atom. The Labute approximate surface area is 236 Å². The molecule has 0 fully saturated rings. The van der Waals surface area contributed by atoms with Crippen LogP contribution in [0, 0.1) is 6.92 Å². The molecule has 8 heteroatoms. The van der Waals surface area contributed by atoms with Crippen LogP contribution in [0.4, 0.5) is 11.4 Å². The number of para-hydroxylation sites is 1. The van der Waals surface area contributed by atoms with E-state index in [2.05, 4.69) is 16.0 Å². The normalized spacial score (nSPS) is 11.0. The van der Waals surface area contributed by atoms with Gasteiger partial charge in [-0.15, -0.1) is 11.8 Å². The van der Waals surface area contributed by atoms with Crippen LogP contribution in [0.15, 0.2) is 114 Å². The Bertz CT molecular complexity index is 1510. The molecule has 4 aromatic carbocycles. The summed E-state index contributed by atoms with van der Waals surface area (Å²) in [5.74, 6) is -0.815. The van der Waals surface area contributed by atoms with Crippen molar-refractivity contribution in [1.29, 1.82) is 0 Å². The molecular weight excluding hydrogens is 530 g/mol. The number of anilines is 2. The highest BCUT2D eigenvalue weighted by Gasteiger charge is 2.15. The van der Waals surface area contributed by atoms with Crippen LogP contribution in [0.25, 0.3) is 6.08 Å². The molecule has 39 heavy (non-hydrogen) atoms. The zero-order valence-corrected chi connectivity index (χ0v) is 22.7. The molecule has 196 valence electrons. The first-order chi connectivity index (χ1) is 18.9. The quantitative estimate of drug-likeness (QED) is 0.157. The van der Waals surface area contributed by atoms with Crippen molar-refractivity contribution in [2.45, 2.75) is 11.8 Å². The maximum atomic E-state index is 13.3. The number of halogens is 1. The highest BCUT2D eigenvalue weighted by molar-refractivity contribution is 8.00. The fraction of sp³-hybridized carbons (Fsp3) is 0.0645. The van der Waals surface area contributed by atoms with Gasteiger partial charge in [0.25, 0.3) is 11.8 Å². The Balaban J connectivity index is 1.45. The third-order valence-corrected chi connectivity index (χ3v) is 6.84. The van der Waals surface area contributed by atoms with Crippen molar-refractivity contribution in [2.24, 2.45) is 0 Å². The van der Waals surface area contributed by atoms with E-state index in [-0.39, 0.29) is 17.4 Å². The third-order valence-electron chi connectivity index (χ3n) is 5.59. The standard InChI is InChI=1S/C31H26ClN3O3S/c1-21-8-5-6-13-27(21)34-29(36)20-39-26-12-7-11-25(19-26)33-31(38)28(18-22-14-16-24(32)17-15-22)35-30(37)23-9-3-2-4-10-23/h2-19H,20H2,1H3,(H,33,38)(H,34,36)(H,35,37)/b28-18-. The van der Waals surface area contributed by atoms with Crippen LogP contribution in [-0.2, 0) is 9.59 Å². The second kappa shape index (κ2) is 13.5. The predicted octanol–water partition coefficient (Wildman–Crippen LogP) is 6.79. The summed E-state index contributed by atoms with van der Waals surface area (Å²) in [6.07, 6.45) is 1.58. The van der Waals surface area contributed by atoms with Crippen molar-refractivity contribution in [3.8, 4) is 0 Å². The molecule has 0 saturated carbocycles. The lowest BCUT2D eigenvalue weighted by Gasteiger charge is -2.12. The van der Waals surface area contributed by atoms with Crippen molar-refractivity contribution in [2.75, 3.05) is 16.4 Å². The number of carbonyl (C=O) groups excluding carboxylic acids is 3. The molecule has 0 saturated heterocycles. The molecule has 0 unspecified atom stereocenters. The van der Waals surface area contributed by atoms with E-state index in [1.807, 2.05) is 43.3 Å². The smallest absolute Gasteiger partial charge is 0.272 e. The summed E-state index contributed by atoms with van der Waals surface area (Å²) < 4.78 is 0. The molecule has 6 nitrogen and oxygen atoms in total. The van der Waals surface area contributed by atoms with Gasteiger partial charge in [-0.05, 0) is 72.7 Å². The first kappa shape index (κ1) is 27.7. The van der Waals surface area contributed by atoms with E-state index < -0.39 is 11.8 Å². The van der Waals surface area contributed by atoms with E-state index in [1.165, 1.54) is 11.8 Å². The van der Waals surface area contributed by atoms with Crippen LogP contribution in [-0.4, -0.2) is 23.5 Å². The summed E-state index contributed by atoms with van der Waals surface area (Å²) in [7, 11) is 0. The molecule has 0 aliphatic carbocycles. The summed E-state index contributed by atoms with van der Waals surface area (Å²) >= 11 is 7.35. The highest BCUT2D eigenvalue weighted by Crippen LogP contribution is 2.23. The van der Waals surface area contributed by atoms with Crippen LogP contribution >= 0.6 is 23.4 Å².